The summed E-state index contributed by atoms with van der Waals surface area (Å²) in [6.07, 6.45) is 3.79. The molecular formula is C17H26N2O2. The number of hydrogen-bond acceptors (Lipinski definition) is 4. The summed E-state index contributed by atoms with van der Waals surface area (Å²) in [6, 6.07) is 6.54. The molecule has 21 heavy (non-hydrogen) atoms. The smallest absolute Gasteiger partial charge is 0.122 e. The molecule has 2 saturated heterocycles. The molecule has 1 aromatic rings. The van der Waals surface area contributed by atoms with Crippen LogP contribution >= 0.6 is 0 Å². The first kappa shape index (κ1) is 14.7. The minimum atomic E-state index is 0.408. The standard InChI is InChI=1S/C17H26N2O2/c1-14-13-15(19-9-7-18-8-10-19)4-5-17(14)21-12-6-16-3-2-11-20-16/h4-5,13,16,18H,2-3,6-12H2,1H3. The van der Waals surface area contributed by atoms with Gasteiger partial charge in [-0.1, -0.05) is 0 Å². The van der Waals surface area contributed by atoms with Crippen LogP contribution < -0.4 is 15.0 Å². The average molecular weight is 290 g/mol. The minimum Gasteiger partial charge on any atom is -0.493 e. The Balaban J connectivity index is 1.53. The number of hydrogen-bond donors (Lipinski definition) is 1. The van der Waals surface area contributed by atoms with Crippen molar-refractivity contribution in [3.8, 4) is 5.75 Å². The van der Waals surface area contributed by atoms with Gasteiger partial charge >= 0.3 is 0 Å². The van der Waals surface area contributed by atoms with Gasteiger partial charge in [-0.3, -0.25) is 0 Å². The molecule has 116 valence electrons. The number of aryl methyl sites for hydroxylation is 1. The molecule has 0 saturated carbocycles. The Labute approximate surface area is 127 Å². The molecule has 4 nitrogen and oxygen atoms in total. The maximum absolute atomic E-state index is 5.93. The van der Waals surface area contributed by atoms with Crippen molar-refractivity contribution in [2.45, 2.75) is 32.3 Å². The molecule has 1 N–H and O–H groups in total. The Bertz CT molecular complexity index is 452. The number of nitrogens with zero attached hydrogens (tertiary/aromatic N) is 1. The van der Waals surface area contributed by atoms with Gasteiger partial charge in [0.2, 0.25) is 0 Å². The summed E-state index contributed by atoms with van der Waals surface area (Å²) in [7, 11) is 0. The molecule has 0 bridgehead atoms. The van der Waals surface area contributed by atoms with Crippen LogP contribution in [0.3, 0.4) is 0 Å². The molecule has 2 fully saturated rings. The third-order valence-electron chi connectivity index (χ3n) is 4.36. The van der Waals surface area contributed by atoms with Crippen LogP contribution in [0.15, 0.2) is 18.2 Å². The summed E-state index contributed by atoms with van der Waals surface area (Å²) in [6.45, 7) is 8.10. The highest BCUT2D eigenvalue weighted by molar-refractivity contribution is 5.53. The van der Waals surface area contributed by atoms with Gasteiger partial charge in [0, 0.05) is 44.9 Å². The van der Waals surface area contributed by atoms with Crippen molar-refractivity contribution in [3.63, 3.8) is 0 Å². The highest BCUT2D eigenvalue weighted by atomic mass is 16.5. The molecule has 2 heterocycles. The SMILES string of the molecule is Cc1cc(N2CCNCC2)ccc1OCCC1CCCO1. The van der Waals surface area contributed by atoms with Crippen LogP contribution in [0.1, 0.15) is 24.8 Å². The summed E-state index contributed by atoms with van der Waals surface area (Å²) >= 11 is 0. The minimum absolute atomic E-state index is 0.408. The molecule has 1 unspecified atom stereocenters. The average Bonchev–Trinajstić information content (AvgIpc) is 3.03. The van der Waals surface area contributed by atoms with E-state index in [0.717, 1.165) is 51.6 Å². The molecule has 4 heteroatoms. The zero-order valence-corrected chi connectivity index (χ0v) is 12.9. The topological polar surface area (TPSA) is 33.7 Å². The third kappa shape index (κ3) is 3.89. The summed E-state index contributed by atoms with van der Waals surface area (Å²) in [4.78, 5) is 2.43. The number of ether oxygens (including phenoxy) is 2. The van der Waals surface area contributed by atoms with Gasteiger partial charge in [0.1, 0.15) is 5.75 Å². The van der Waals surface area contributed by atoms with E-state index in [1.807, 2.05) is 0 Å². The Morgan fingerprint density at radius 2 is 2.19 bits per heavy atom. The number of nitrogens with one attached hydrogen (secondary N) is 1. The van der Waals surface area contributed by atoms with Crippen LogP contribution in [0, 0.1) is 6.92 Å². The van der Waals surface area contributed by atoms with E-state index in [4.69, 9.17) is 9.47 Å². The monoisotopic (exact) mass is 290 g/mol. The van der Waals surface area contributed by atoms with Crippen molar-refractivity contribution in [3.05, 3.63) is 23.8 Å². The van der Waals surface area contributed by atoms with E-state index in [-0.39, 0.29) is 0 Å². The second kappa shape index (κ2) is 7.14. The van der Waals surface area contributed by atoms with Crippen LogP contribution in [0.4, 0.5) is 5.69 Å². The largest absolute Gasteiger partial charge is 0.493 e. The van der Waals surface area contributed by atoms with Crippen LogP contribution in [0.5, 0.6) is 5.75 Å². The molecule has 2 aliphatic rings. The zero-order valence-electron chi connectivity index (χ0n) is 12.9. The van der Waals surface area contributed by atoms with Gasteiger partial charge in [-0.2, -0.15) is 0 Å². The normalized spacial score (nSPS) is 22.5. The van der Waals surface area contributed by atoms with Crippen molar-refractivity contribution in [1.29, 1.82) is 0 Å². The van der Waals surface area contributed by atoms with E-state index in [1.54, 1.807) is 0 Å². The molecule has 0 aliphatic carbocycles. The highest BCUT2D eigenvalue weighted by Gasteiger charge is 2.16. The summed E-state index contributed by atoms with van der Waals surface area (Å²) in [5, 5.41) is 3.39. The maximum atomic E-state index is 5.93. The van der Waals surface area contributed by atoms with E-state index in [1.165, 1.54) is 24.1 Å². The molecule has 0 amide bonds. The lowest BCUT2D eigenvalue weighted by Crippen LogP contribution is -2.43. The Morgan fingerprint density at radius 1 is 1.33 bits per heavy atom. The second-order valence-corrected chi connectivity index (χ2v) is 5.96. The number of benzene rings is 1. The van der Waals surface area contributed by atoms with Crippen LogP contribution in [0.25, 0.3) is 0 Å². The van der Waals surface area contributed by atoms with Gasteiger partial charge in [0.15, 0.2) is 0 Å². The van der Waals surface area contributed by atoms with Crippen molar-refractivity contribution < 1.29 is 9.47 Å². The van der Waals surface area contributed by atoms with Gasteiger partial charge < -0.3 is 19.7 Å². The first-order chi connectivity index (χ1) is 10.3. The summed E-state index contributed by atoms with van der Waals surface area (Å²) in [5.74, 6) is 1.01. The fourth-order valence-electron chi connectivity index (χ4n) is 3.09. The predicted octanol–water partition coefficient (Wildman–Crippen LogP) is 2.35. The van der Waals surface area contributed by atoms with E-state index < -0.39 is 0 Å². The second-order valence-electron chi connectivity index (χ2n) is 5.96. The first-order valence-corrected chi connectivity index (χ1v) is 8.13. The lowest BCUT2D eigenvalue weighted by molar-refractivity contribution is 0.0902. The summed E-state index contributed by atoms with van der Waals surface area (Å²) in [5.41, 5.74) is 2.53. The van der Waals surface area contributed by atoms with Crippen molar-refractivity contribution in [1.82, 2.24) is 5.32 Å². The Morgan fingerprint density at radius 3 is 2.90 bits per heavy atom. The zero-order chi connectivity index (χ0) is 14.5. The Hall–Kier alpha value is -1.26. The van der Waals surface area contributed by atoms with E-state index in [9.17, 15) is 0 Å². The molecular weight excluding hydrogens is 264 g/mol. The molecule has 0 spiro atoms. The number of rotatable bonds is 5. The molecule has 3 rings (SSSR count). The highest BCUT2D eigenvalue weighted by Crippen LogP contribution is 2.25. The quantitative estimate of drug-likeness (QED) is 0.902. The van der Waals surface area contributed by atoms with Crippen molar-refractivity contribution >= 4 is 5.69 Å². The lowest BCUT2D eigenvalue weighted by atomic mass is 10.1. The fourth-order valence-corrected chi connectivity index (χ4v) is 3.09. The van der Waals surface area contributed by atoms with E-state index in [0.29, 0.717) is 6.10 Å². The molecule has 1 atom stereocenters. The van der Waals surface area contributed by atoms with Crippen LogP contribution in [-0.2, 0) is 4.74 Å². The van der Waals surface area contributed by atoms with Crippen LogP contribution in [0.2, 0.25) is 0 Å². The first-order valence-electron chi connectivity index (χ1n) is 8.13. The fraction of sp³-hybridized carbons (Fsp3) is 0.647. The van der Waals surface area contributed by atoms with Crippen molar-refractivity contribution in [2.24, 2.45) is 0 Å². The van der Waals surface area contributed by atoms with Crippen molar-refractivity contribution in [2.75, 3.05) is 44.3 Å². The predicted molar refractivity (Wildman–Crippen MR) is 85.3 cm³/mol. The van der Waals surface area contributed by atoms with E-state index in [2.05, 4.69) is 35.3 Å². The molecule has 0 aromatic heterocycles. The van der Waals surface area contributed by atoms with Gasteiger partial charge in [-0.15, -0.1) is 0 Å². The third-order valence-corrected chi connectivity index (χ3v) is 4.36. The van der Waals surface area contributed by atoms with E-state index >= 15 is 0 Å². The van der Waals surface area contributed by atoms with Crippen LogP contribution in [-0.4, -0.2) is 45.5 Å². The summed E-state index contributed by atoms with van der Waals surface area (Å²) < 4.78 is 11.6. The maximum Gasteiger partial charge on any atom is 0.122 e. The lowest BCUT2D eigenvalue weighted by Gasteiger charge is -2.30. The number of piperazine rings is 1. The number of anilines is 1. The molecule has 2 aliphatic heterocycles. The Kier molecular flexibility index (Phi) is 4.99. The van der Waals surface area contributed by atoms with Gasteiger partial charge in [-0.05, 0) is 43.5 Å². The van der Waals surface area contributed by atoms with Gasteiger partial charge in [0.05, 0.1) is 12.7 Å². The van der Waals surface area contributed by atoms with Gasteiger partial charge in [0.25, 0.3) is 0 Å². The van der Waals surface area contributed by atoms with Gasteiger partial charge in [-0.25, -0.2) is 0 Å². The molecule has 1 aromatic carbocycles. The molecule has 0 radical (unpaired) electrons.